The lowest BCUT2D eigenvalue weighted by molar-refractivity contribution is -0.107. The van der Waals surface area contributed by atoms with Crippen molar-refractivity contribution in [3.63, 3.8) is 0 Å². The Bertz CT molecular complexity index is 1180. The molecule has 2 aromatic carbocycles. The van der Waals surface area contributed by atoms with Gasteiger partial charge in [0.05, 0.1) is 5.39 Å². The predicted octanol–water partition coefficient (Wildman–Crippen LogP) is 5.46. The number of aromatic nitrogens is 3. The molecule has 8 nitrogen and oxygen atoms in total. The number of aldehydes is 1. The highest BCUT2D eigenvalue weighted by molar-refractivity contribution is 5.91. The zero-order valence-electron chi connectivity index (χ0n) is 21.5. The van der Waals surface area contributed by atoms with Gasteiger partial charge in [0.2, 0.25) is 0 Å². The third-order valence-corrected chi connectivity index (χ3v) is 6.00. The Balaban J connectivity index is 0.00000121. The smallest absolute Gasteiger partial charge is 0.143 e. The van der Waals surface area contributed by atoms with Crippen molar-refractivity contribution in [2.75, 3.05) is 18.9 Å². The maximum absolute atomic E-state index is 10.3. The lowest BCUT2D eigenvalue weighted by atomic mass is 10.1. The van der Waals surface area contributed by atoms with E-state index in [1.165, 1.54) is 37.4 Å². The molecule has 0 aliphatic heterocycles. The number of benzene rings is 2. The van der Waals surface area contributed by atoms with Crippen molar-refractivity contribution in [1.82, 2.24) is 25.7 Å². The van der Waals surface area contributed by atoms with Gasteiger partial charge in [-0.1, -0.05) is 73.9 Å². The molecule has 0 amide bonds. The maximum atomic E-state index is 10.3. The maximum Gasteiger partial charge on any atom is 0.143 e. The average Bonchev–Trinajstić information content (AvgIpc) is 3.37. The lowest BCUT2D eigenvalue weighted by Gasteiger charge is -2.06. The molecule has 0 radical (unpaired) electrons. The van der Waals surface area contributed by atoms with Crippen LogP contribution < -0.4 is 16.1 Å². The van der Waals surface area contributed by atoms with Gasteiger partial charge in [-0.2, -0.15) is 0 Å². The first-order valence-corrected chi connectivity index (χ1v) is 12.9. The van der Waals surface area contributed by atoms with E-state index in [0.717, 1.165) is 66.9 Å². The van der Waals surface area contributed by atoms with Crippen LogP contribution in [-0.2, 0) is 17.9 Å². The number of anilines is 1. The highest BCUT2D eigenvalue weighted by Crippen LogP contribution is 2.27. The summed E-state index contributed by atoms with van der Waals surface area (Å²) in [6, 6.07) is 21.1. The van der Waals surface area contributed by atoms with Gasteiger partial charge in [-0.3, -0.25) is 0 Å². The fraction of sp³-hybridized carbons (Fsp3) is 0.345. The van der Waals surface area contributed by atoms with Gasteiger partial charge in [-0.05, 0) is 42.1 Å². The third kappa shape index (κ3) is 9.42. The molecule has 4 rings (SSSR count). The first-order chi connectivity index (χ1) is 18.2. The van der Waals surface area contributed by atoms with E-state index in [2.05, 4.69) is 68.1 Å². The minimum Gasteiger partial charge on any atom is -0.365 e. The topological polar surface area (TPSA) is 115 Å². The van der Waals surface area contributed by atoms with Crippen molar-refractivity contribution in [3.8, 4) is 11.3 Å². The Labute approximate surface area is 218 Å². The molecule has 4 aromatic rings. The Kier molecular flexibility index (Phi) is 12.3. The van der Waals surface area contributed by atoms with Gasteiger partial charge in [0, 0.05) is 32.3 Å². The number of hydrogen-bond acceptors (Lipinski definition) is 7. The summed E-state index contributed by atoms with van der Waals surface area (Å²) in [6.45, 7) is 2.61. The normalized spacial score (nSPS) is 10.6. The molecule has 0 bridgehead atoms. The first-order valence-electron chi connectivity index (χ1n) is 12.9. The number of nitrogens with one attached hydrogen (secondary N) is 4. The molecule has 2 aromatic heterocycles. The number of fused-ring (bicyclic) bond motifs is 1. The molecule has 0 unspecified atom stereocenters. The molecule has 0 fully saturated rings. The van der Waals surface area contributed by atoms with E-state index in [1.54, 1.807) is 11.8 Å². The van der Waals surface area contributed by atoms with Crippen molar-refractivity contribution in [2.24, 2.45) is 0 Å². The van der Waals surface area contributed by atoms with Gasteiger partial charge < -0.3 is 25.6 Å². The van der Waals surface area contributed by atoms with Crippen molar-refractivity contribution in [2.45, 2.75) is 51.6 Å². The monoisotopic (exact) mass is 502 g/mol. The summed E-state index contributed by atoms with van der Waals surface area (Å²) in [4.78, 5) is 22.6. The summed E-state index contributed by atoms with van der Waals surface area (Å²) in [5.74, 6) is 0.834. The second kappa shape index (κ2) is 16.2. The van der Waals surface area contributed by atoms with E-state index in [4.69, 9.17) is 5.21 Å². The van der Waals surface area contributed by atoms with Crippen molar-refractivity contribution < 1.29 is 10.0 Å². The Hall–Kier alpha value is -3.59. The fourth-order valence-corrected chi connectivity index (χ4v) is 4.06. The molecular formula is C29H38N6O2. The molecule has 0 saturated heterocycles. The minimum atomic E-state index is 0.701. The lowest BCUT2D eigenvalue weighted by Crippen LogP contribution is -2.14. The molecule has 0 saturated carbocycles. The van der Waals surface area contributed by atoms with E-state index < -0.39 is 0 Å². The number of unbranched alkanes of at least 4 members (excludes halogenated alkanes) is 5. The van der Waals surface area contributed by atoms with Crippen molar-refractivity contribution >= 4 is 23.1 Å². The average molecular weight is 503 g/mol. The first kappa shape index (κ1) is 28.0. The Morgan fingerprint density at radius 2 is 1.59 bits per heavy atom. The number of carbonyl (C=O) groups excluding carboxylic acids is 1. The number of rotatable bonds is 14. The van der Waals surface area contributed by atoms with E-state index in [-0.39, 0.29) is 0 Å². The molecule has 5 N–H and O–H groups in total. The van der Waals surface area contributed by atoms with Crippen LogP contribution in [0.15, 0.2) is 67.0 Å². The highest BCUT2D eigenvalue weighted by Gasteiger charge is 2.09. The van der Waals surface area contributed by atoms with Gasteiger partial charge in [-0.15, -0.1) is 0 Å². The fourth-order valence-electron chi connectivity index (χ4n) is 4.06. The number of H-pyrrole nitrogens is 1. The van der Waals surface area contributed by atoms with Gasteiger partial charge in [0.1, 0.15) is 24.1 Å². The molecule has 0 spiro atoms. The van der Waals surface area contributed by atoms with Gasteiger partial charge in [0.25, 0.3) is 0 Å². The number of aromatic amines is 1. The standard InChI is InChI=1S/C28H33N5O.CH5NO/c34-17-9-4-2-1-3-8-16-29-19-23-12-14-24(15-13-23)26-18-25-27(31-21-32-28(25)33-26)30-20-22-10-6-5-7-11-22;1-2-3/h5-7,10-15,17-18,21,29H,1-4,8-9,16,19-20H2,(H2,30,31,32,33);2-3H,1H3. The van der Waals surface area contributed by atoms with Crippen molar-refractivity contribution in [1.29, 1.82) is 0 Å². The molecule has 0 aliphatic carbocycles. The van der Waals surface area contributed by atoms with Crippen LogP contribution in [-0.4, -0.2) is 40.0 Å². The molecule has 8 heteroatoms. The highest BCUT2D eigenvalue weighted by atomic mass is 16.5. The van der Waals surface area contributed by atoms with Gasteiger partial charge >= 0.3 is 0 Å². The van der Waals surface area contributed by atoms with Crippen LogP contribution in [0.3, 0.4) is 0 Å². The SMILES string of the molecule is CNO.O=CCCCCCCCNCc1ccc(-c2cc3c(NCc4ccccc4)ncnc3[nH]2)cc1. The van der Waals surface area contributed by atoms with Crippen LogP contribution in [0.4, 0.5) is 5.82 Å². The summed E-state index contributed by atoms with van der Waals surface area (Å²) in [5.41, 5.74) is 7.23. The Morgan fingerprint density at radius 1 is 0.892 bits per heavy atom. The van der Waals surface area contributed by atoms with E-state index in [9.17, 15) is 4.79 Å². The van der Waals surface area contributed by atoms with Crippen LogP contribution in [0.1, 0.15) is 49.7 Å². The van der Waals surface area contributed by atoms with Crippen LogP contribution in [0.2, 0.25) is 0 Å². The zero-order valence-corrected chi connectivity index (χ0v) is 21.5. The molecular weight excluding hydrogens is 464 g/mol. The predicted molar refractivity (Wildman–Crippen MR) is 149 cm³/mol. The van der Waals surface area contributed by atoms with Crippen LogP contribution in [0.5, 0.6) is 0 Å². The molecule has 196 valence electrons. The Morgan fingerprint density at radius 3 is 2.35 bits per heavy atom. The van der Waals surface area contributed by atoms with Crippen LogP contribution in [0.25, 0.3) is 22.3 Å². The third-order valence-electron chi connectivity index (χ3n) is 6.00. The van der Waals surface area contributed by atoms with E-state index >= 15 is 0 Å². The summed E-state index contributed by atoms with van der Waals surface area (Å²) in [5, 5.41) is 15.3. The number of hydroxylamine groups is 1. The summed E-state index contributed by atoms with van der Waals surface area (Å²) in [7, 11) is 1.43. The molecule has 0 aliphatic rings. The van der Waals surface area contributed by atoms with Gasteiger partial charge in [0.15, 0.2) is 0 Å². The minimum absolute atomic E-state index is 0.701. The quantitative estimate of drug-likeness (QED) is 0.0883. The molecule has 2 heterocycles. The van der Waals surface area contributed by atoms with E-state index in [1.807, 2.05) is 18.2 Å². The second-order valence-corrected chi connectivity index (χ2v) is 8.83. The number of carbonyl (C=O) groups is 1. The summed E-state index contributed by atoms with van der Waals surface area (Å²) < 4.78 is 0. The van der Waals surface area contributed by atoms with Crippen molar-refractivity contribution in [3.05, 3.63) is 78.1 Å². The number of nitrogens with zero attached hydrogens (tertiary/aromatic N) is 2. The molecule has 0 atom stereocenters. The van der Waals surface area contributed by atoms with E-state index in [0.29, 0.717) is 6.42 Å². The van der Waals surface area contributed by atoms with Crippen LogP contribution in [0, 0.1) is 0 Å². The van der Waals surface area contributed by atoms with Gasteiger partial charge in [-0.25, -0.2) is 15.4 Å². The summed E-state index contributed by atoms with van der Waals surface area (Å²) >= 11 is 0. The van der Waals surface area contributed by atoms with Crippen LogP contribution >= 0.6 is 0 Å². The summed E-state index contributed by atoms with van der Waals surface area (Å²) in [6.07, 6.45) is 9.10. The number of hydrogen-bond donors (Lipinski definition) is 5. The zero-order chi connectivity index (χ0) is 26.1. The largest absolute Gasteiger partial charge is 0.365 e. The second-order valence-electron chi connectivity index (χ2n) is 8.83. The molecule has 37 heavy (non-hydrogen) atoms.